The van der Waals surface area contributed by atoms with Crippen LogP contribution in [0.5, 0.6) is 0 Å². The molecule has 340 valence electrons. The Labute approximate surface area is 358 Å². The van der Waals surface area contributed by atoms with Gasteiger partial charge in [0.15, 0.2) is 0 Å². The molecule has 0 radical (unpaired) electrons. The van der Waals surface area contributed by atoms with Crippen LogP contribution < -0.4 is 5.32 Å². The minimum atomic E-state index is -0.833. The molecule has 1 amide bonds. The summed E-state index contributed by atoms with van der Waals surface area (Å²) in [5.74, 6) is -0.0590. The summed E-state index contributed by atoms with van der Waals surface area (Å²) in [4.78, 5) is 12.4. The standard InChI is InChI=1S/C53H105NO3/c1-3-5-7-9-11-13-15-16-17-18-19-20-21-22-23-24-25-26-27-28-29-30-31-32-33-34-35-36-37-39-41-43-45-47-49-53(57)54-51(50-55)52(56)48-46-44-42-40-38-14-12-10-8-6-4-2/h46,48,51-52,55-56H,3-45,47,49-50H2,1-2H3,(H,54,57)/b48-46+. The van der Waals surface area contributed by atoms with Crippen LogP contribution in [0.25, 0.3) is 0 Å². The zero-order valence-electron chi connectivity index (χ0n) is 39.1. The van der Waals surface area contributed by atoms with E-state index in [1.165, 1.54) is 257 Å². The zero-order chi connectivity index (χ0) is 41.4. The first-order chi connectivity index (χ1) is 28.2. The number of unbranched alkanes of at least 4 members (excludes halogenated alkanes) is 42. The molecule has 0 aliphatic rings. The molecule has 0 aromatic rings. The molecule has 0 fully saturated rings. The first-order valence-electron chi connectivity index (χ1n) is 26.4. The average molecular weight is 804 g/mol. The van der Waals surface area contributed by atoms with Gasteiger partial charge < -0.3 is 15.5 Å². The minimum absolute atomic E-state index is 0.0590. The Bertz CT molecular complexity index is 784. The van der Waals surface area contributed by atoms with Gasteiger partial charge in [-0.1, -0.05) is 289 Å². The molecule has 0 spiro atoms. The number of hydrogen-bond donors (Lipinski definition) is 3. The van der Waals surface area contributed by atoms with E-state index < -0.39 is 12.1 Å². The van der Waals surface area contributed by atoms with E-state index in [4.69, 9.17) is 0 Å². The second kappa shape index (κ2) is 49.5. The number of carbonyl (C=O) groups excluding carboxylic acids is 1. The summed E-state index contributed by atoms with van der Waals surface area (Å²) in [7, 11) is 0. The Morgan fingerprint density at radius 2 is 0.649 bits per heavy atom. The molecule has 4 heteroatoms. The second-order valence-electron chi connectivity index (χ2n) is 18.3. The topological polar surface area (TPSA) is 69.6 Å². The number of rotatable bonds is 49. The van der Waals surface area contributed by atoms with E-state index in [1.54, 1.807) is 6.08 Å². The molecule has 0 rings (SSSR count). The van der Waals surface area contributed by atoms with E-state index in [-0.39, 0.29) is 12.5 Å². The molecule has 0 saturated carbocycles. The van der Waals surface area contributed by atoms with E-state index in [9.17, 15) is 15.0 Å². The molecule has 4 nitrogen and oxygen atoms in total. The van der Waals surface area contributed by atoms with Gasteiger partial charge in [-0.25, -0.2) is 0 Å². The van der Waals surface area contributed by atoms with Crippen LogP contribution in [0.4, 0.5) is 0 Å². The maximum atomic E-state index is 12.4. The number of aliphatic hydroxyl groups is 2. The molecule has 0 aromatic heterocycles. The molecule has 0 bridgehead atoms. The average Bonchev–Trinajstić information content (AvgIpc) is 3.22. The third kappa shape index (κ3) is 46.1. The third-order valence-corrected chi connectivity index (χ3v) is 12.5. The fourth-order valence-electron chi connectivity index (χ4n) is 8.48. The van der Waals surface area contributed by atoms with Crippen LogP contribution in [0.15, 0.2) is 12.2 Å². The highest BCUT2D eigenvalue weighted by Crippen LogP contribution is 2.18. The van der Waals surface area contributed by atoms with Crippen molar-refractivity contribution in [3.8, 4) is 0 Å². The summed E-state index contributed by atoms with van der Waals surface area (Å²) < 4.78 is 0. The molecule has 0 heterocycles. The van der Waals surface area contributed by atoms with Crippen molar-refractivity contribution in [2.45, 2.75) is 315 Å². The molecule has 0 saturated heterocycles. The van der Waals surface area contributed by atoms with E-state index in [1.807, 2.05) is 6.08 Å². The van der Waals surface area contributed by atoms with Crippen LogP contribution in [0, 0.1) is 0 Å². The second-order valence-corrected chi connectivity index (χ2v) is 18.3. The maximum absolute atomic E-state index is 12.4. The number of aliphatic hydroxyl groups excluding tert-OH is 2. The van der Waals surface area contributed by atoms with Crippen LogP contribution in [0.2, 0.25) is 0 Å². The third-order valence-electron chi connectivity index (χ3n) is 12.5. The molecule has 0 aromatic carbocycles. The van der Waals surface area contributed by atoms with Gasteiger partial charge in [-0.05, 0) is 19.3 Å². The molecule has 57 heavy (non-hydrogen) atoms. The van der Waals surface area contributed by atoms with E-state index >= 15 is 0 Å². The van der Waals surface area contributed by atoms with Crippen molar-refractivity contribution in [3.63, 3.8) is 0 Å². The van der Waals surface area contributed by atoms with Crippen molar-refractivity contribution in [1.82, 2.24) is 5.32 Å². The molecular weight excluding hydrogens is 699 g/mol. The summed E-state index contributed by atoms with van der Waals surface area (Å²) in [6, 6.07) is -0.616. The van der Waals surface area contributed by atoms with E-state index in [2.05, 4.69) is 19.2 Å². The molecule has 2 unspecified atom stereocenters. The largest absolute Gasteiger partial charge is 0.394 e. The predicted octanol–water partition coefficient (Wildman–Crippen LogP) is 17.0. The highest BCUT2D eigenvalue weighted by atomic mass is 16.3. The van der Waals surface area contributed by atoms with Gasteiger partial charge in [0.25, 0.3) is 0 Å². The monoisotopic (exact) mass is 804 g/mol. The molecule has 3 N–H and O–H groups in total. The Morgan fingerprint density at radius 1 is 0.404 bits per heavy atom. The number of amides is 1. The van der Waals surface area contributed by atoms with Gasteiger partial charge in [0.05, 0.1) is 18.8 Å². The lowest BCUT2D eigenvalue weighted by molar-refractivity contribution is -0.123. The normalized spacial score (nSPS) is 12.8. The van der Waals surface area contributed by atoms with Crippen LogP contribution >= 0.6 is 0 Å². The predicted molar refractivity (Wildman–Crippen MR) is 253 cm³/mol. The molecule has 2 atom stereocenters. The molecular formula is C53H105NO3. The van der Waals surface area contributed by atoms with Crippen molar-refractivity contribution < 1.29 is 15.0 Å². The highest BCUT2D eigenvalue weighted by Gasteiger charge is 2.18. The lowest BCUT2D eigenvalue weighted by atomic mass is 10.0. The van der Waals surface area contributed by atoms with E-state index in [0.717, 1.165) is 25.7 Å². The lowest BCUT2D eigenvalue weighted by Gasteiger charge is -2.20. The molecule has 0 aliphatic carbocycles. The molecule has 0 aliphatic heterocycles. The van der Waals surface area contributed by atoms with Gasteiger partial charge in [-0.15, -0.1) is 0 Å². The smallest absolute Gasteiger partial charge is 0.220 e. The van der Waals surface area contributed by atoms with Gasteiger partial charge in [0.1, 0.15) is 0 Å². The van der Waals surface area contributed by atoms with Crippen molar-refractivity contribution >= 4 is 5.91 Å². The number of carbonyl (C=O) groups is 1. The van der Waals surface area contributed by atoms with Crippen molar-refractivity contribution in [3.05, 3.63) is 12.2 Å². The van der Waals surface area contributed by atoms with Crippen molar-refractivity contribution in [2.75, 3.05) is 6.61 Å². The fraction of sp³-hybridized carbons (Fsp3) is 0.943. The summed E-state index contributed by atoms with van der Waals surface area (Å²) in [5.41, 5.74) is 0. The first-order valence-corrected chi connectivity index (χ1v) is 26.4. The Balaban J connectivity index is 3.35. The number of hydrogen-bond acceptors (Lipinski definition) is 3. The van der Waals surface area contributed by atoms with Gasteiger partial charge in [0.2, 0.25) is 5.91 Å². The summed E-state index contributed by atoms with van der Waals surface area (Å²) in [5, 5.41) is 23.0. The minimum Gasteiger partial charge on any atom is -0.394 e. The highest BCUT2D eigenvalue weighted by molar-refractivity contribution is 5.76. The Kier molecular flexibility index (Phi) is 48.7. The van der Waals surface area contributed by atoms with Gasteiger partial charge in [-0.2, -0.15) is 0 Å². The Hall–Kier alpha value is -0.870. The van der Waals surface area contributed by atoms with E-state index in [0.29, 0.717) is 6.42 Å². The number of allylic oxidation sites excluding steroid dienone is 1. The van der Waals surface area contributed by atoms with Gasteiger partial charge >= 0.3 is 0 Å². The van der Waals surface area contributed by atoms with Crippen LogP contribution in [0.3, 0.4) is 0 Å². The fourth-order valence-corrected chi connectivity index (χ4v) is 8.48. The summed E-state index contributed by atoms with van der Waals surface area (Å²) in [6.45, 7) is 4.32. The maximum Gasteiger partial charge on any atom is 0.220 e. The summed E-state index contributed by atoms with van der Waals surface area (Å²) >= 11 is 0. The Morgan fingerprint density at radius 3 is 0.912 bits per heavy atom. The summed E-state index contributed by atoms with van der Waals surface area (Å²) in [6.07, 6.45) is 63.8. The van der Waals surface area contributed by atoms with Crippen LogP contribution in [0.1, 0.15) is 303 Å². The van der Waals surface area contributed by atoms with Crippen LogP contribution in [-0.2, 0) is 4.79 Å². The van der Waals surface area contributed by atoms with Crippen LogP contribution in [-0.4, -0.2) is 34.9 Å². The SMILES string of the molecule is CCCCCCCCCCC/C=C/C(O)C(CO)NC(=O)CCCCCCCCCCCCCCCCCCCCCCCCCCCCCCCCCCCC. The van der Waals surface area contributed by atoms with Gasteiger partial charge in [0, 0.05) is 6.42 Å². The van der Waals surface area contributed by atoms with Gasteiger partial charge in [-0.3, -0.25) is 4.79 Å². The van der Waals surface area contributed by atoms with Crippen molar-refractivity contribution in [1.29, 1.82) is 0 Å². The zero-order valence-corrected chi connectivity index (χ0v) is 39.1. The lowest BCUT2D eigenvalue weighted by Crippen LogP contribution is -2.45. The quantitative estimate of drug-likeness (QED) is 0.0424. The van der Waals surface area contributed by atoms with Crippen molar-refractivity contribution in [2.24, 2.45) is 0 Å². The number of nitrogens with one attached hydrogen (secondary N) is 1. The first kappa shape index (κ1) is 56.1.